The summed E-state index contributed by atoms with van der Waals surface area (Å²) in [5, 5.41) is 3.45. The average Bonchev–Trinajstić information content (AvgIpc) is 3.17. The maximum Gasteiger partial charge on any atom is 0.200 e. The fraction of sp³-hybridized carbons (Fsp3) is 0.192. The van der Waals surface area contributed by atoms with Gasteiger partial charge in [-0.15, -0.1) is 0 Å². The van der Waals surface area contributed by atoms with Crippen molar-refractivity contribution >= 4 is 22.5 Å². The first-order chi connectivity index (χ1) is 15.9. The molecule has 0 aliphatic rings. The van der Waals surface area contributed by atoms with Crippen LogP contribution in [0.25, 0.3) is 22.1 Å². The Hall–Kier alpha value is -4.00. The number of hydrogen-bond acceptors (Lipinski definition) is 5. The van der Waals surface area contributed by atoms with Crippen molar-refractivity contribution in [2.75, 3.05) is 5.32 Å². The third-order valence-corrected chi connectivity index (χ3v) is 5.40. The second-order valence-electron chi connectivity index (χ2n) is 7.71. The minimum atomic E-state index is -0.472. The number of nitrogens with zero attached hydrogens (tertiary/aromatic N) is 2. The van der Waals surface area contributed by atoms with Crippen LogP contribution in [0.5, 0.6) is 0 Å². The summed E-state index contributed by atoms with van der Waals surface area (Å²) < 4.78 is 20.3. The van der Waals surface area contributed by atoms with Crippen molar-refractivity contribution in [1.29, 1.82) is 0 Å². The first kappa shape index (κ1) is 22.2. The topological polar surface area (TPSA) is 83.3 Å². The molecule has 0 aliphatic carbocycles. The van der Waals surface area contributed by atoms with Gasteiger partial charge in [0.2, 0.25) is 5.43 Å². The number of benzene rings is 2. The van der Waals surface area contributed by atoms with Crippen LogP contribution in [0.3, 0.4) is 0 Å². The summed E-state index contributed by atoms with van der Waals surface area (Å²) in [5.74, 6) is 1.32. The molecule has 7 heteroatoms. The third-order valence-electron chi connectivity index (χ3n) is 5.40. The van der Waals surface area contributed by atoms with Crippen LogP contribution in [-0.2, 0) is 0 Å². The van der Waals surface area contributed by atoms with Crippen molar-refractivity contribution in [1.82, 2.24) is 9.97 Å². The maximum absolute atomic E-state index is 14.1. The number of anilines is 1. The predicted octanol–water partition coefficient (Wildman–Crippen LogP) is 6.15. The number of imidazole rings is 1. The Morgan fingerprint density at radius 1 is 1.30 bits per heavy atom. The van der Waals surface area contributed by atoms with Crippen LogP contribution in [0.1, 0.15) is 43.6 Å². The average molecular weight is 445 g/mol. The number of aromatic nitrogens is 2. The third kappa shape index (κ3) is 4.35. The Labute approximate surface area is 190 Å². The molecule has 33 heavy (non-hydrogen) atoms. The van der Waals surface area contributed by atoms with Crippen LogP contribution >= 0.6 is 0 Å². The highest BCUT2D eigenvalue weighted by Crippen LogP contribution is 2.33. The molecule has 0 radical (unpaired) electrons. The lowest BCUT2D eigenvalue weighted by molar-refractivity contribution is 0.481. The van der Waals surface area contributed by atoms with Gasteiger partial charge in [-0.25, -0.2) is 9.37 Å². The molecule has 6 nitrogen and oxygen atoms in total. The van der Waals surface area contributed by atoms with E-state index in [0.29, 0.717) is 45.8 Å². The number of rotatable bonds is 7. The molecule has 0 spiro atoms. The van der Waals surface area contributed by atoms with Crippen molar-refractivity contribution in [2.24, 2.45) is 4.99 Å². The van der Waals surface area contributed by atoms with E-state index in [4.69, 9.17) is 9.41 Å². The van der Waals surface area contributed by atoms with Crippen LogP contribution in [0.15, 0.2) is 75.5 Å². The van der Waals surface area contributed by atoms with Crippen molar-refractivity contribution in [2.45, 2.75) is 33.2 Å². The summed E-state index contributed by atoms with van der Waals surface area (Å²) in [6.07, 6.45) is 2.12. The number of hydrogen-bond donors (Lipinski definition) is 2. The van der Waals surface area contributed by atoms with Gasteiger partial charge < -0.3 is 14.7 Å². The molecule has 2 N–H and O–H groups in total. The van der Waals surface area contributed by atoms with Crippen molar-refractivity contribution < 1.29 is 8.81 Å². The fourth-order valence-corrected chi connectivity index (χ4v) is 3.90. The number of aryl methyl sites for hydroxylation is 1. The van der Waals surface area contributed by atoms with Crippen molar-refractivity contribution in [3.05, 3.63) is 94.6 Å². The number of aromatic amines is 1. The molecule has 0 saturated heterocycles. The van der Waals surface area contributed by atoms with E-state index >= 15 is 0 Å². The van der Waals surface area contributed by atoms with E-state index in [2.05, 4.69) is 21.9 Å². The van der Waals surface area contributed by atoms with Gasteiger partial charge >= 0.3 is 0 Å². The number of fused-ring (bicyclic) bond motifs is 1. The zero-order valence-corrected chi connectivity index (χ0v) is 18.8. The number of halogens is 1. The Bertz CT molecular complexity index is 1420. The Morgan fingerprint density at radius 2 is 2.09 bits per heavy atom. The largest absolute Gasteiger partial charge is 0.458 e. The second-order valence-corrected chi connectivity index (χ2v) is 7.71. The molecular weight excluding hydrogens is 419 g/mol. The van der Waals surface area contributed by atoms with Crippen molar-refractivity contribution in [3.63, 3.8) is 0 Å². The van der Waals surface area contributed by atoms with Crippen molar-refractivity contribution in [3.8, 4) is 11.1 Å². The highest BCUT2D eigenvalue weighted by molar-refractivity contribution is 6.01. The molecule has 4 aromatic rings. The molecule has 1 atom stereocenters. The molecule has 2 heterocycles. The molecule has 2 aromatic carbocycles. The van der Waals surface area contributed by atoms with Crippen LogP contribution in [0.4, 0.5) is 10.2 Å². The standard InChI is InChI=1S/C26H25FN4O2/c1-5-20(29-15(3)23-26(28-6-2)31-16(4)30-23)25-22(17-10-9-11-18(27)14-17)24(32)19-12-7-8-13-21(19)33-25/h6-14,20,28H,2,5H2,1,3-4H3,(H,30,31)/t20-/m0/s1. The van der Waals surface area contributed by atoms with E-state index in [-0.39, 0.29) is 5.43 Å². The summed E-state index contributed by atoms with van der Waals surface area (Å²) in [5.41, 5.74) is 2.45. The van der Waals surface area contributed by atoms with E-state index in [9.17, 15) is 9.18 Å². The zero-order chi connectivity index (χ0) is 23.5. The predicted molar refractivity (Wildman–Crippen MR) is 130 cm³/mol. The Kier molecular flexibility index (Phi) is 6.22. The van der Waals surface area contributed by atoms with Gasteiger partial charge in [0.05, 0.1) is 16.7 Å². The lowest BCUT2D eigenvalue weighted by Crippen LogP contribution is -2.12. The summed E-state index contributed by atoms with van der Waals surface area (Å²) in [7, 11) is 0. The summed E-state index contributed by atoms with van der Waals surface area (Å²) in [6.45, 7) is 9.38. The smallest absolute Gasteiger partial charge is 0.200 e. The molecule has 0 fully saturated rings. The van der Waals surface area contributed by atoms with Gasteiger partial charge in [-0.1, -0.05) is 37.8 Å². The van der Waals surface area contributed by atoms with E-state index in [0.717, 1.165) is 11.5 Å². The van der Waals surface area contributed by atoms with Gasteiger partial charge in [-0.05, 0) is 56.3 Å². The van der Waals surface area contributed by atoms with Crippen LogP contribution in [0, 0.1) is 12.7 Å². The van der Waals surface area contributed by atoms with Gasteiger partial charge in [0.15, 0.2) is 5.82 Å². The fourth-order valence-electron chi connectivity index (χ4n) is 3.90. The van der Waals surface area contributed by atoms with Gasteiger partial charge in [-0.2, -0.15) is 0 Å². The molecule has 0 amide bonds. The van der Waals surface area contributed by atoms with E-state index in [1.807, 2.05) is 26.8 Å². The van der Waals surface area contributed by atoms with Gasteiger partial charge in [0, 0.05) is 0 Å². The molecule has 168 valence electrons. The van der Waals surface area contributed by atoms with E-state index < -0.39 is 11.9 Å². The highest BCUT2D eigenvalue weighted by Gasteiger charge is 2.23. The quantitative estimate of drug-likeness (QED) is 0.335. The van der Waals surface area contributed by atoms with Gasteiger partial charge in [-0.3, -0.25) is 9.79 Å². The second kappa shape index (κ2) is 9.24. The molecule has 0 unspecified atom stereocenters. The Morgan fingerprint density at radius 3 is 2.82 bits per heavy atom. The lowest BCUT2D eigenvalue weighted by atomic mass is 9.97. The van der Waals surface area contributed by atoms with Crippen LogP contribution < -0.4 is 10.7 Å². The zero-order valence-electron chi connectivity index (χ0n) is 18.8. The number of para-hydroxylation sites is 1. The molecular formula is C26H25FN4O2. The SMILES string of the molecule is C=CNc1nc(C)[nH]c1C(C)=N[C@@H](CC)c1oc2ccccc2c(=O)c1-c1cccc(F)c1. The first-order valence-electron chi connectivity index (χ1n) is 10.7. The number of nitrogens with one attached hydrogen (secondary N) is 2. The normalized spacial score (nSPS) is 12.7. The lowest BCUT2D eigenvalue weighted by Gasteiger charge is -2.16. The first-order valence-corrected chi connectivity index (χ1v) is 10.7. The maximum atomic E-state index is 14.1. The minimum Gasteiger partial charge on any atom is -0.458 e. The van der Waals surface area contributed by atoms with E-state index in [1.54, 1.807) is 36.5 Å². The van der Waals surface area contributed by atoms with E-state index in [1.165, 1.54) is 12.1 Å². The Balaban J connectivity index is 1.93. The van der Waals surface area contributed by atoms with Crippen LogP contribution in [0.2, 0.25) is 0 Å². The highest BCUT2D eigenvalue weighted by atomic mass is 19.1. The summed E-state index contributed by atoms with van der Waals surface area (Å²) >= 11 is 0. The van der Waals surface area contributed by atoms with Gasteiger partial charge in [0.25, 0.3) is 0 Å². The molecule has 2 aromatic heterocycles. The molecule has 0 saturated carbocycles. The monoisotopic (exact) mass is 444 g/mol. The van der Waals surface area contributed by atoms with Gasteiger partial charge in [0.1, 0.15) is 34.7 Å². The number of aliphatic imine (C=N–C) groups is 1. The minimum absolute atomic E-state index is 0.213. The summed E-state index contributed by atoms with van der Waals surface area (Å²) in [6, 6.07) is 12.6. The number of H-pyrrole nitrogens is 1. The summed E-state index contributed by atoms with van der Waals surface area (Å²) in [4.78, 5) is 26.0. The molecule has 4 rings (SSSR count). The molecule has 0 aliphatic heterocycles. The van der Waals surface area contributed by atoms with Crippen LogP contribution in [-0.4, -0.2) is 15.7 Å². The molecule has 0 bridgehead atoms.